The van der Waals surface area contributed by atoms with Crippen LogP contribution >= 0.6 is 11.6 Å². The molecule has 1 N–H and O–H groups in total. The number of nitrogens with one attached hydrogen (secondary N) is 1. The van der Waals surface area contributed by atoms with Gasteiger partial charge in [0, 0.05) is 23.3 Å². The average Bonchev–Trinajstić information content (AvgIpc) is 3.07. The number of hydrogen-bond acceptors (Lipinski definition) is 4. The summed E-state index contributed by atoms with van der Waals surface area (Å²) >= 11 is 5.72. The molecule has 4 rings (SSSR count). The molecule has 1 aliphatic rings. The van der Waals surface area contributed by atoms with E-state index in [1.165, 1.54) is 24.4 Å². The van der Waals surface area contributed by atoms with Crippen molar-refractivity contribution in [1.29, 1.82) is 0 Å². The van der Waals surface area contributed by atoms with E-state index in [-0.39, 0.29) is 22.3 Å². The molecule has 0 radical (unpaired) electrons. The molecule has 0 saturated heterocycles. The first-order valence-electron chi connectivity index (χ1n) is 7.89. The average molecular weight is 394 g/mol. The van der Waals surface area contributed by atoms with Gasteiger partial charge in [0.1, 0.15) is 11.4 Å². The van der Waals surface area contributed by atoms with E-state index in [0.717, 1.165) is 6.07 Å². The zero-order valence-electron chi connectivity index (χ0n) is 13.6. The highest BCUT2D eigenvalue weighted by molar-refractivity contribution is 6.30. The van der Waals surface area contributed by atoms with E-state index in [9.17, 15) is 18.0 Å². The normalized spacial score (nSPS) is 14.0. The summed E-state index contributed by atoms with van der Waals surface area (Å²) in [6.07, 6.45) is -3.25. The predicted octanol–water partition coefficient (Wildman–Crippen LogP) is 3.42. The van der Waals surface area contributed by atoms with Gasteiger partial charge >= 0.3 is 6.18 Å². The lowest BCUT2D eigenvalue weighted by Gasteiger charge is -2.13. The molecule has 3 heterocycles. The molecule has 27 heavy (non-hydrogen) atoms. The van der Waals surface area contributed by atoms with Gasteiger partial charge in [-0.15, -0.1) is 0 Å². The molecule has 1 aromatic carbocycles. The van der Waals surface area contributed by atoms with Crippen molar-refractivity contribution in [2.75, 3.05) is 6.54 Å². The quantitative estimate of drug-likeness (QED) is 0.724. The van der Waals surface area contributed by atoms with Crippen LogP contribution in [0.15, 0.2) is 36.5 Å². The fourth-order valence-electron chi connectivity index (χ4n) is 2.84. The van der Waals surface area contributed by atoms with Crippen molar-refractivity contribution < 1.29 is 18.0 Å². The van der Waals surface area contributed by atoms with E-state index in [0.29, 0.717) is 30.2 Å². The molecule has 0 spiro atoms. The van der Waals surface area contributed by atoms with Crippen LogP contribution in [0.3, 0.4) is 0 Å². The highest BCUT2D eigenvalue weighted by atomic mass is 35.5. The number of alkyl halides is 3. The molecule has 2 aromatic heterocycles. The SMILES string of the molecule is O=C1NCCn2nc(-c3ccnc(-c4ccc(Cl)cc4C(F)(F)F)n3)cc21. The Morgan fingerprint density at radius 2 is 1.96 bits per heavy atom. The number of hydrogen-bond donors (Lipinski definition) is 1. The van der Waals surface area contributed by atoms with Crippen molar-refractivity contribution in [3.05, 3.63) is 52.8 Å². The Kier molecular flexibility index (Phi) is 4.11. The third-order valence-electron chi connectivity index (χ3n) is 4.07. The zero-order valence-corrected chi connectivity index (χ0v) is 14.3. The van der Waals surface area contributed by atoms with Crippen LogP contribution in [0.1, 0.15) is 16.1 Å². The van der Waals surface area contributed by atoms with Crippen molar-refractivity contribution in [2.45, 2.75) is 12.7 Å². The second-order valence-corrected chi connectivity index (χ2v) is 6.28. The number of amides is 1. The molecule has 1 aliphatic heterocycles. The molecular weight excluding hydrogens is 383 g/mol. The van der Waals surface area contributed by atoms with E-state index in [1.807, 2.05) is 0 Å². The molecule has 0 unspecified atom stereocenters. The minimum absolute atomic E-state index is 0.0324. The zero-order chi connectivity index (χ0) is 19.2. The van der Waals surface area contributed by atoms with E-state index < -0.39 is 11.7 Å². The lowest BCUT2D eigenvalue weighted by Crippen LogP contribution is -2.35. The number of halogens is 4. The van der Waals surface area contributed by atoms with Gasteiger partial charge < -0.3 is 5.32 Å². The van der Waals surface area contributed by atoms with Crippen LogP contribution in [0, 0.1) is 0 Å². The number of rotatable bonds is 2. The van der Waals surface area contributed by atoms with Crippen molar-refractivity contribution in [3.63, 3.8) is 0 Å². The molecule has 1 amide bonds. The Morgan fingerprint density at radius 3 is 2.70 bits per heavy atom. The Morgan fingerprint density at radius 1 is 1.15 bits per heavy atom. The Labute approximate surface area is 156 Å². The van der Waals surface area contributed by atoms with Gasteiger partial charge in [-0.25, -0.2) is 9.97 Å². The summed E-state index contributed by atoms with van der Waals surface area (Å²) in [5, 5.41) is 6.98. The maximum absolute atomic E-state index is 13.4. The largest absolute Gasteiger partial charge is 0.417 e. The van der Waals surface area contributed by atoms with Crippen molar-refractivity contribution >= 4 is 17.5 Å². The van der Waals surface area contributed by atoms with Gasteiger partial charge in [0.15, 0.2) is 5.82 Å². The summed E-state index contributed by atoms with van der Waals surface area (Å²) in [5.74, 6) is -0.363. The molecule has 0 aliphatic carbocycles. The van der Waals surface area contributed by atoms with Crippen molar-refractivity contribution in [1.82, 2.24) is 25.1 Å². The maximum Gasteiger partial charge on any atom is 0.417 e. The number of nitrogens with zero attached hydrogens (tertiary/aromatic N) is 4. The molecule has 138 valence electrons. The number of aromatic nitrogens is 4. The Hall–Kier alpha value is -2.94. The second kappa shape index (κ2) is 6.34. The highest BCUT2D eigenvalue weighted by Crippen LogP contribution is 2.37. The molecule has 0 bridgehead atoms. The number of fused-ring (bicyclic) bond motifs is 1. The molecule has 0 saturated carbocycles. The first-order chi connectivity index (χ1) is 12.8. The van der Waals surface area contributed by atoms with Crippen LogP contribution in [0.25, 0.3) is 22.8 Å². The summed E-state index contributed by atoms with van der Waals surface area (Å²) in [6.45, 7) is 0.968. The monoisotopic (exact) mass is 393 g/mol. The number of carbonyl (C=O) groups is 1. The van der Waals surface area contributed by atoms with Gasteiger partial charge in [-0.1, -0.05) is 11.6 Å². The topological polar surface area (TPSA) is 72.7 Å². The summed E-state index contributed by atoms with van der Waals surface area (Å²) in [4.78, 5) is 20.1. The lowest BCUT2D eigenvalue weighted by atomic mass is 10.1. The predicted molar refractivity (Wildman–Crippen MR) is 91.0 cm³/mol. The minimum Gasteiger partial charge on any atom is -0.349 e. The smallest absolute Gasteiger partial charge is 0.349 e. The van der Waals surface area contributed by atoms with Crippen molar-refractivity contribution in [2.24, 2.45) is 0 Å². The first kappa shape index (κ1) is 17.5. The van der Waals surface area contributed by atoms with Crippen LogP contribution in [0.2, 0.25) is 5.02 Å². The molecule has 3 aromatic rings. The van der Waals surface area contributed by atoms with Gasteiger partial charge in [-0.2, -0.15) is 18.3 Å². The summed E-state index contributed by atoms with van der Waals surface area (Å²) in [5.41, 5.74) is -0.0315. The summed E-state index contributed by atoms with van der Waals surface area (Å²) in [7, 11) is 0. The van der Waals surface area contributed by atoms with Crippen LogP contribution in [0.5, 0.6) is 0 Å². The fourth-order valence-corrected chi connectivity index (χ4v) is 3.01. The molecule has 0 fully saturated rings. The van der Waals surface area contributed by atoms with E-state index in [4.69, 9.17) is 11.6 Å². The highest BCUT2D eigenvalue weighted by Gasteiger charge is 2.34. The van der Waals surface area contributed by atoms with Gasteiger partial charge in [-0.3, -0.25) is 9.48 Å². The lowest BCUT2D eigenvalue weighted by molar-refractivity contribution is -0.137. The van der Waals surface area contributed by atoms with Gasteiger partial charge in [0.05, 0.1) is 17.8 Å². The summed E-state index contributed by atoms with van der Waals surface area (Å²) in [6, 6.07) is 6.50. The molecule has 10 heteroatoms. The number of carbonyl (C=O) groups excluding carboxylic acids is 1. The van der Waals surface area contributed by atoms with Crippen molar-refractivity contribution in [3.8, 4) is 22.8 Å². The van der Waals surface area contributed by atoms with Crippen LogP contribution in [-0.2, 0) is 12.7 Å². The van der Waals surface area contributed by atoms with Crippen LogP contribution in [0.4, 0.5) is 13.2 Å². The van der Waals surface area contributed by atoms with Crippen LogP contribution in [-0.4, -0.2) is 32.2 Å². The van der Waals surface area contributed by atoms with E-state index in [1.54, 1.807) is 10.7 Å². The third-order valence-corrected chi connectivity index (χ3v) is 4.30. The Balaban J connectivity index is 1.80. The van der Waals surface area contributed by atoms with Gasteiger partial charge in [0.25, 0.3) is 5.91 Å². The summed E-state index contributed by atoms with van der Waals surface area (Å²) < 4.78 is 41.6. The van der Waals surface area contributed by atoms with E-state index >= 15 is 0 Å². The molecule has 6 nitrogen and oxygen atoms in total. The minimum atomic E-state index is -4.61. The molecule has 0 atom stereocenters. The second-order valence-electron chi connectivity index (χ2n) is 5.85. The molecular formula is C17H11ClF3N5O. The van der Waals surface area contributed by atoms with Crippen LogP contribution < -0.4 is 5.32 Å². The van der Waals surface area contributed by atoms with E-state index in [2.05, 4.69) is 20.4 Å². The standard InChI is InChI=1S/C17H11ClF3N5O/c18-9-1-2-10(11(7-9)17(19,20)21)15-22-4-3-12(24-15)13-8-14-16(27)23-5-6-26(14)25-13/h1-4,7-8H,5-6H2,(H,23,27). The Bertz CT molecular complexity index is 1050. The van der Waals surface area contributed by atoms with Gasteiger partial charge in [-0.05, 0) is 30.3 Å². The maximum atomic E-state index is 13.4. The third kappa shape index (κ3) is 3.25. The first-order valence-corrected chi connectivity index (χ1v) is 8.27. The van der Waals surface area contributed by atoms with Gasteiger partial charge in [0.2, 0.25) is 0 Å². The fraction of sp³-hybridized carbons (Fsp3) is 0.176. The number of benzene rings is 1.